The summed E-state index contributed by atoms with van der Waals surface area (Å²) in [4.78, 5) is 24.8. The van der Waals surface area contributed by atoms with E-state index in [9.17, 15) is 9.59 Å². The fraction of sp³-hybridized carbons (Fsp3) is 0.545. The van der Waals surface area contributed by atoms with Crippen molar-refractivity contribution in [3.63, 3.8) is 0 Å². The topological polar surface area (TPSA) is 74.4 Å². The first kappa shape index (κ1) is 20.4. The smallest absolute Gasteiger partial charge is 0.342 e. The maximum atomic E-state index is 12.9. The Kier molecular flexibility index (Phi) is 7.09. The first-order chi connectivity index (χ1) is 13.6. The molecule has 1 aromatic carbocycles. The van der Waals surface area contributed by atoms with Gasteiger partial charge in [-0.3, -0.25) is 4.79 Å². The number of esters is 1. The maximum Gasteiger partial charge on any atom is 0.342 e. The van der Waals surface area contributed by atoms with E-state index in [0.717, 1.165) is 19.3 Å². The molecule has 1 fully saturated rings. The number of rotatable bonds is 4. The molecule has 1 aromatic rings. The zero-order valence-corrected chi connectivity index (χ0v) is 16.6. The monoisotopic (exact) mass is 388 g/mol. The number of methoxy groups -OCH3 is 1. The standard InChI is InChI=1S/C22H28O6/c1-15-7-6-10-17(23)9-5-3-4-8-16-11-18(26-13-19-14-27-19)12-20(25-2)21(16)22(24)28-15/h4,8,11-12,15,19H,3,5-7,9-10,13-14H2,1-2H3/t15-,19-/m1/s1. The number of benzene rings is 1. The molecular weight excluding hydrogens is 360 g/mol. The molecule has 0 saturated carbocycles. The van der Waals surface area contributed by atoms with Gasteiger partial charge in [0, 0.05) is 18.9 Å². The van der Waals surface area contributed by atoms with Crippen LogP contribution >= 0.6 is 0 Å². The molecule has 2 heterocycles. The van der Waals surface area contributed by atoms with Gasteiger partial charge in [-0.25, -0.2) is 4.79 Å². The summed E-state index contributed by atoms with van der Waals surface area (Å²) in [5.41, 5.74) is 1.08. The van der Waals surface area contributed by atoms with Gasteiger partial charge in [0.25, 0.3) is 0 Å². The average Bonchev–Trinajstić information content (AvgIpc) is 3.49. The number of carbonyl (C=O) groups excluding carboxylic acids is 2. The van der Waals surface area contributed by atoms with Crippen molar-refractivity contribution in [2.24, 2.45) is 0 Å². The van der Waals surface area contributed by atoms with Crippen LogP contribution in [0.3, 0.4) is 0 Å². The molecule has 0 bridgehead atoms. The Hall–Kier alpha value is -2.34. The maximum absolute atomic E-state index is 12.9. The number of hydrogen-bond acceptors (Lipinski definition) is 6. The third-order valence-electron chi connectivity index (χ3n) is 4.87. The van der Waals surface area contributed by atoms with Gasteiger partial charge in [0.1, 0.15) is 35.6 Å². The molecule has 0 spiro atoms. The highest BCUT2D eigenvalue weighted by Crippen LogP contribution is 2.32. The van der Waals surface area contributed by atoms with E-state index in [1.165, 1.54) is 7.11 Å². The number of fused-ring (bicyclic) bond motifs is 1. The van der Waals surface area contributed by atoms with Crippen LogP contribution < -0.4 is 9.47 Å². The van der Waals surface area contributed by atoms with Gasteiger partial charge >= 0.3 is 5.97 Å². The molecule has 0 unspecified atom stereocenters. The molecule has 1 saturated heterocycles. The Morgan fingerprint density at radius 3 is 2.71 bits per heavy atom. The third kappa shape index (κ3) is 5.83. The highest BCUT2D eigenvalue weighted by Gasteiger charge is 2.25. The molecule has 28 heavy (non-hydrogen) atoms. The van der Waals surface area contributed by atoms with Crippen LogP contribution in [0.2, 0.25) is 0 Å². The lowest BCUT2D eigenvalue weighted by Gasteiger charge is -2.18. The van der Waals surface area contributed by atoms with E-state index in [1.54, 1.807) is 6.07 Å². The second-order valence-electron chi connectivity index (χ2n) is 7.30. The Bertz CT molecular complexity index is 735. The van der Waals surface area contributed by atoms with E-state index in [4.69, 9.17) is 18.9 Å². The van der Waals surface area contributed by atoms with Crippen molar-refractivity contribution in [3.05, 3.63) is 29.3 Å². The number of Topliss-reactive ketones (excluding diaryl/α,β-unsaturated/α-hetero) is 1. The number of carbonyl (C=O) groups is 2. The zero-order chi connectivity index (χ0) is 19.9. The summed E-state index contributed by atoms with van der Waals surface area (Å²) >= 11 is 0. The summed E-state index contributed by atoms with van der Waals surface area (Å²) in [6, 6.07) is 3.53. The number of allylic oxidation sites excluding steroid dienone is 1. The predicted octanol–water partition coefficient (Wildman–Crippen LogP) is 3.95. The molecule has 3 rings (SSSR count). The van der Waals surface area contributed by atoms with Crippen molar-refractivity contribution in [2.75, 3.05) is 20.3 Å². The Balaban J connectivity index is 1.89. The number of epoxide rings is 1. The first-order valence-corrected chi connectivity index (χ1v) is 9.92. The number of ketones is 1. The minimum absolute atomic E-state index is 0.138. The number of ether oxygens (including phenoxy) is 4. The lowest BCUT2D eigenvalue weighted by Crippen LogP contribution is -2.17. The van der Waals surface area contributed by atoms with Crippen LogP contribution in [0, 0.1) is 0 Å². The van der Waals surface area contributed by atoms with Crippen LogP contribution in [0.1, 0.15) is 61.4 Å². The molecule has 2 atom stereocenters. The van der Waals surface area contributed by atoms with Crippen molar-refractivity contribution >= 4 is 17.8 Å². The Labute approximate surface area is 165 Å². The second-order valence-corrected chi connectivity index (χ2v) is 7.30. The van der Waals surface area contributed by atoms with Crippen molar-refractivity contribution in [2.45, 2.75) is 57.7 Å². The minimum atomic E-state index is -0.426. The molecular formula is C22H28O6. The minimum Gasteiger partial charge on any atom is -0.496 e. The highest BCUT2D eigenvalue weighted by atomic mass is 16.6. The largest absolute Gasteiger partial charge is 0.496 e. The van der Waals surface area contributed by atoms with Gasteiger partial charge in [-0.15, -0.1) is 0 Å². The molecule has 2 aliphatic rings. The Morgan fingerprint density at radius 1 is 1.18 bits per heavy atom. The van der Waals surface area contributed by atoms with Crippen molar-refractivity contribution < 1.29 is 28.5 Å². The molecule has 0 aromatic heterocycles. The van der Waals surface area contributed by atoms with Crippen molar-refractivity contribution in [1.82, 2.24) is 0 Å². The third-order valence-corrected chi connectivity index (χ3v) is 4.87. The van der Waals surface area contributed by atoms with Gasteiger partial charge in [0.2, 0.25) is 0 Å². The van der Waals surface area contributed by atoms with E-state index in [1.807, 2.05) is 25.1 Å². The fourth-order valence-corrected chi connectivity index (χ4v) is 3.20. The molecule has 6 nitrogen and oxygen atoms in total. The van der Waals surface area contributed by atoms with E-state index in [2.05, 4.69) is 0 Å². The molecule has 0 amide bonds. The van der Waals surface area contributed by atoms with Crippen LogP contribution in [0.4, 0.5) is 0 Å². The lowest BCUT2D eigenvalue weighted by atomic mass is 10.0. The van der Waals surface area contributed by atoms with E-state index in [-0.39, 0.29) is 18.0 Å². The molecule has 0 aliphatic carbocycles. The summed E-state index contributed by atoms with van der Waals surface area (Å²) in [6.45, 7) is 3.03. The molecule has 0 radical (unpaired) electrons. The van der Waals surface area contributed by atoms with Gasteiger partial charge in [-0.05, 0) is 44.2 Å². The molecule has 0 N–H and O–H groups in total. The van der Waals surface area contributed by atoms with Gasteiger partial charge in [-0.2, -0.15) is 0 Å². The van der Waals surface area contributed by atoms with Crippen LogP contribution in [0.15, 0.2) is 18.2 Å². The van der Waals surface area contributed by atoms with Crippen molar-refractivity contribution in [1.29, 1.82) is 0 Å². The van der Waals surface area contributed by atoms with Crippen LogP contribution in [0.25, 0.3) is 6.08 Å². The van der Waals surface area contributed by atoms with Crippen LogP contribution in [-0.4, -0.2) is 44.3 Å². The summed E-state index contributed by atoms with van der Waals surface area (Å²) in [6.07, 6.45) is 7.79. The Morgan fingerprint density at radius 2 is 1.96 bits per heavy atom. The van der Waals surface area contributed by atoms with E-state index < -0.39 is 5.97 Å². The van der Waals surface area contributed by atoms with Crippen LogP contribution in [0.5, 0.6) is 11.5 Å². The SMILES string of the molecule is COc1cc(OC[C@@H]2CO2)cc2c1C(=O)O[C@H](C)CCCC(=O)CCCC=C2. The van der Waals surface area contributed by atoms with Gasteiger partial charge in [0.15, 0.2) is 0 Å². The summed E-state index contributed by atoms with van der Waals surface area (Å²) in [7, 11) is 1.53. The average molecular weight is 388 g/mol. The van der Waals surface area contributed by atoms with E-state index in [0.29, 0.717) is 55.1 Å². The second kappa shape index (κ2) is 9.73. The van der Waals surface area contributed by atoms with Gasteiger partial charge in [0.05, 0.1) is 19.8 Å². The summed E-state index contributed by atoms with van der Waals surface area (Å²) in [5.74, 6) is 0.884. The summed E-state index contributed by atoms with van der Waals surface area (Å²) < 4.78 is 22.1. The fourth-order valence-electron chi connectivity index (χ4n) is 3.20. The van der Waals surface area contributed by atoms with Gasteiger partial charge < -0.3 is 18.9 Å². The number of hydrogen-bond donors (Lipinski definition) is 0. The van der Waals surface area contributed by atoms with E-state index >= 15 is 0 Å². The normalized spacial score (nSPS) is 23.4. The van der Waals surface area contributed by atoms with Gasteiger partial charge in [-0.1, -0.05) is 12.2 Å². The lowest BCUT2D eigenvalue weighted by molar-refractivity contribution is -0.119. The first-order valence-electron chi connectivity index (χ1n) is 9.92. The van der Waals surface area contributed by atoms with Crippen LogP contribution in [-0.2, 0) is 14.3 Å². The molecule has 152 valence electrons. The predicted molar refractivity (Wildman–Crippen MR) is 105 cm³/mol. The zero-order valence-electron chi connectivity index (χ0n) is 16.6. The summed E-state index contributed by atoms with van der Waals surface area (Å²) in [5, 5.41) is 0. The highest BCUT2D eigenvalue weighted by molar-refractivity contribution is 5.97. The quantitative estimate of drug-likeness (QED) is 0.574. The number of cyclic esters (lactones) is 1. The van der Waals surface area contributed by atoms with Crippen molar-refractivity contribution in [3.8, 4) is 11.5 Å². The molecule has 2 aliphatic heterocycles. The molecule has 6 heteroatoms.